The van der Waals surface area contributed by atoms with Crippen molar-refractivity contribution in [1.82, 2.24) is 14.2 Å². The van der Waals surface area contributed by atoms with Crippen molar-refractivity contribution in [3.63, 3.8) is 0 Å². The summed E-state index contributed by atoms with van der Waals surface area (Å²) in [6.45, 7) is 3.99. The maximum Gasteiger partial charge on any atom is 0.410 e. The molecule has 0 aliphatic carbocycles. The fourth-order valence-corrected chi connectivity index (χ4v) is 10.2. The number of imidazole rings is 1. The molecule has 3 aliphatic heterocycles. The number of thioether (sulfide) groups is 1. The van der Waals surface area contributed by atoms with Crippen molar-refractivity contribution in [2.24, 2.45) is 17.6 Å². The second-order valence-corrected chi connectivity index (χ2v) is 16.4. The molecule has 4 aromatic rings. The van der Waals surface area contributed by atoms with E-state index < -0.39 is 45.9 Å². The Balaban J connectivity index is 1.10. The van der Waals surface area contributed by atoms with Gasteiger partial charge in [0.25, 0.3) is 23.6 Å². The van der Waals surface area contributed by atoms with Crippen LogP contribution in [0.5, 0.6) is 0 Å². The van der Waals surface area contributed by atoms with Crippen molar-refractivity contribution in [1.29, 1.82) is 0 Å². The van der Waals surface area contributed by atoms with Gasteiger partial charge in [0.05, 0.1) is 32.8 Å². The lowest BCUT2D eigenvalue weighted by molar-refractivity contribution is -0.717. The first-order valence-electron chi connectivity index (χ1n) is 18.0. The number of rotatable bonds is 13. The van der Waals surface area contributed by atoms with Crippen LogP contribution in [-0.4, -0.2) is 83.5 Å². The van der Waals surface area contributed by atoms with Gasteiger partial charge in [0, 0.05) is 54.1 Å². The van der Waals surface area contributed by atoms with E-state index in [-0.39, 0.29) is 53.9 Å². The summed E-state index contributed by atoms with van der Waals surface area (Å²) in [5, 5.41) is 33.3. The van der Waals surface area contributed by atoms with Crippen LogP contribution >= 0.6 is 23.1 Å². The van der Waals surface area contributed by atoms with E-state index in [0.29, 0.717) is 47.5 Å². The van der Waals surface area contributed by atoms with Crippen LogP contribution in [0.25, 0.3) is 10.4 Å². The van der Waals surface area contributed by atoms with Gasteiger partial charge < -0.3 is 30.1 Å². The number of nitro groups is 2. The van der Waals surface area contributed by atoms with Gasteiger partial charge in [0.2, 0.25) is 15.8 Å². The fraction of sp³-hybridized carbons (Fsp3) is 0.378. The van der Waals surface area contributed by atoms with E-state index >= 15 is 0 Å². The Bertz CT molecular complexity index is 2300. The van der Waals surface area contributed by atoms with Crippen LogP contribution in [0, 0.1) is 32.1 Å². The molecule has 3 amide bonds. The SMILES string of the molecule is C[C@@H](O)[C@H]1C(=O)N2C(C(=O)OCc3ccc([N+](=O)[O-])cc3)=C(c3cn4c[n+](CC(N)=O)c(SC5CCN(C(=O)OCc6ccc([N+](=O)[O-])cc6)CC5)c4s3)[C@H](C)[C@H]12. The number of non-ortho nitro benzene ring substituents is 2. The molecule has 18 nitrogen and oxygen atoms in total. The minimum atomic E-state index is -0.948. The number of carbonyl (C=O) groups is 4. The van der Waals surface area contributed by atoms with Crippen molar-refractivity contribution in [2.75, 3.05) is 13.1 Å². The zero-order valence-electron chi connectivity index (χ0n) is 30.7. The standard InChI is InChI=1S/C37H37N7O11S2/c1-20-29(32(42-31(20)30(21(2)45)33(42)47)36(48)54-17-22-3-7-24(8-4-22)43(50)51)27-15-40-19-41(16-28(38)46)34(35(40)57-27)56-26-11-13-39(14-12-26)37(49)55-18-23-5-9-25(10-6-23)44(52)53/h3-10,15,19-21,26,30-31,45H,11-14,16-18H2,1-2H3,(H-,38,46)/p+1/t20-,21+,30+,31+/m0/s1. The van der Waals surface area contributed by atoms with Gasteiger partial charge in [0.1, 0.15) is 25.1 Å². The molecule has 0 radical (unpaired) electrons. The number of primary amides is 1. The Kier molecular flexibility index (Phi) is 11.0. The number of carbonyl (C=O) groups excluding carboxylic acids is 4. The highest BCUT2D eigenvalue weighted by molar-refractivity contribution is 8.00. The van der Waals surface area contributed by atoms with Crippen LogP contribution in [0.3, 0.4) is 0 Å². The normalized spacial score (nSPS) is 20.0. The number of fused-ring (bicyclic) bond motifs is 2. The third kappa shape index (κ3) is 7.79. The molecule has 2 aromatic heterocycles. The number of hydrogen-bond donors (Lipinski definition) is 2. The molecular weight excluding hydrogens is 783 g/mol. The lowest BCUT2D eigenvalue weighted by Gasteiger charge is -2.46. The van der Waals surface area contributed by atoms with Gasteiger partial charge in [-0.15, -0.1) is 0 Å². The second-order valence-electron chi connectivity index (χ2n) is 14.1. The molecule has 0 bridgehead atoms. The zero-order valence-corrected chi connectivity index (χ0v) is 32.3. The molecule has 2 aromatic carbocycles. The summed E-state index contributed by atoms with van der Waals surface area (Å²) in [6.07, 6.45) is 3.38. The fourth-order valence-electron chi connectivity index (χ4n) is 7.54. The molecule has 20 heteroatoms. The van der Waals surface area contributed by atoms with Gasteiger partial charge in [-0.2, -0.15) is 4.40 Å². The van der Waals surface area contributed by atoms with E-state index in [1.165, 1.54) is 52.6 Å². The number of hydrogen-bond acceptors (Lipinski definition) is 13. The Hall–Kier alpha value is -5.86. The maximum absolute atomic E-state index is 13.9. The number of aliphatic hydroxyl groups is 1. The first-order valence-corrected chi connectivity index (χ1v) is 19.7. The van der Waals surface area contributed by atoms with Crippen LogP contribution < -0.4 is 10.3 Å². The number of piperidine rings is 1. The Morgan fingerprint density at radius 1 is 1.00 bits per heavy atom. The number of aromatic nitrogens is 2. The molecule has 5 heterocycles. The number of β-lactam (4-membered cyclic amide) rings is 1. The van der Waals surface area contributed by atoms with Crippen LogP contribution in [0.4, 0.5) is 16.2 Å². The number of nitrogens with zero attached hydrogens (tertiary/aromatic N) is 6. The Labute approximate surface area is 332 Å². The number of nitrogens with two attached hydrogens (primary N) is 1. The molecule has 0 spiro atoms. The number of amides is 3. The summed E-state index contributed by atoms with van der Waals surface area (Å²) in [6, 6.07) is 10.9. The summed E-state index contributed by atoms with van der Waals surface area (Å²) >= 11 is 2.92. The molecule has 4 atom stereocenters. The first kappa shape index (κ1) is 39.4. The summed E-state index contributed by atoms with van der Waals surface area (Å²) in [4.78, 5) is 77.7. The minimum absolute atomic E-state index is 0.0251. The molecule has 3 aliphatic rings. The van der Waals surface area contributed by atoms with Gasteiger partial charge >= 0.3 is 12.1 Å². The Morgan fingerprint density at radius 3 is 2.12 bits per heavy atom. The number of likely N-dealkylation sites (tertiary alicyclic amines) is 1. The van der Waals surface area contributed by atoms with E-state index in [0.717, 1.165) is 9.86 Å². The summed E-state index contributed by atoms with van der Waals surface area (Å²) < 4.78 is 14.8. The number of nitro benzene ring substituents is 2. The molecule has 298 valence electrons. The van der Waals surface area contributed by atoms with Gasteiger partial charge in [-0.3, -0.25) is 29.8 Å². The first-order chi connectivity index (χ1) is 27.2. The molecule has 2 saturated heterocycles. The lowest BCUT2D eigenvalue weighted by Crippen LogP contribution is -2.63. The predicted molar refractivity (Wildman–Crippen MR) is 203 cm³/mol. The summed E-state index contributed by atoms with van der Waals surface area (Å²) in [5.41, 5.74) is 7.27. The number of benzene rings is 2. The van der Waals surface area contributed by atoms with Crippen LogP contribution in [0.15, 0.2) is 71.8 Å². The molecule has 0 unspecified atom stereocenters. The molecule has 57 heavy (non-hydrogen) atoms. The summed E-state index contributed by atoms with van der Waals surface area (Å²) in [5.74, 6) is -2.74. The highest BCUT2D eigenvalue weighted by atomic mass is 32.2. The van der Waals surface area contributed by atoms with Gasteiger partial charge in [-0.05, 0) is 55.2 Å². The van der Waals surface area contributed by atoms with E-state index in [4.69, 9.17) is 15.2 Å². The van der Waals surface area contributed by atoms with Crippen LogP contribution in [0.2, 0.25) is 0 Å². The largest absolute Gasteiger partial charge is 0.456 e. The highest BCUT2D eigenvalue weighted by Crippen LogP contribution is 2.52. The molecule has 7 rings (SSSR count). The lowest BCUT2D eigenvalue weighted by atomic mass is 9.77. The maximum atomic E-state index is 13.9. The van der Waals surface area contributed by atoms with Crippen LogP contribution in [-0.2, 0) is 43.6 Å². The predicted octanol–water partition coefficient (Wildman–Crippen LogP) is 3.80. The highest BCUT2D eigenvalue weighted by Gasteiger charge is 2.60. The quantitative estimate of drug-likeness (QED) is 0.0645. The number of thiazole rings is 1. The van der Waals surface area contributed by atoms with Gasteiger partial charge in [0.15, 0.2) is 6.54 Å². The number of ether oxygens (including phenoxy) is 2. The number of esters is 1. The Morgan fingerprint density at radius 2 is 1.58 bits per heavy atom. The molecule has 3 N–H and O–H groups in total. The topological polar surface area (TPSA) is 234 Å². The van der Waals surface area contributed by atoms with E-state index in [1.807, 2.05) is 17.5 Å². The van der Waals surface area contributed by atoms with Crippen molar-refractivity contribution in [3.05, 3.63) is 103 Å². The van der Waals surface area contributed by atoms with E-state index in [9.17, 15) is 44.5 Å². The zero-order chi connectivity index (χ0) is 40.7. The molecule has 2 fully saturated rings. The van der Waals surface area contributed by atoms with Crippen molar-refractivity contribution < 1.29 is 48.2 Å². The number of aliphatic hydroxyl groups excluding tert-OH is 1. The summed E-state index contributed by atoms with van der Waals surface area (Å²) in [7, 11) is 0. The molecule has 0 saturated carbocycles. The van der Waals surface area contributed by atoms with E-state index in [1.54, 1.807) is 46.6 Å². The van der Waals surface area contributed by atoms with Crippen molar-refractivity contribution in [3.8, 4) is 0 Å². The van der Waals surface area contributed by atoms with Crippen molar-refractivity contribution >= 4 is 68.8 Å². The molecular formula is C37H38N7O11S2+. The van der Waals surface area contributed by atoms with Gasteiger partial charge in [-0.25, -0.2) is 14.2 Å². The van der Waals surface area contributed by atoms with Gasteiger partial charge in [-0.1, -0.05) is 30.0 Å². The third-order valence-corrected chi connectivity index (χ3v) is 13.1. The third-order valence-electron chi connectivity index (χ3n) is 10.4. The van der Waals surface area contributed by atoms with Crippen molar-refractivity contribution in [2.45, 2.75) is 68.9 Å². The monoisotopic (exact) mass is 820 g/mol. The second kappa shape index (κ2) is 15.9. The van der Waals surface area contributed by atoms with Crippen LogP contribution in [0.1, 0.15) is 42.7 Å². The van der Waals surface area contributed by atoms with E-state index in [2.05, 4.69) is 0 Å². The average Bonchev–Trinajstić information content (AvgIpc) is 3.80. The average molecular weight is 821 g/mol. The minimum Gasteiger partial charge on any atom is -0.456 e. The smallest absolute Gasteiger partial charge is 0.410 e.